The van der Waals surface area contributed by atoms with Gasteiger partial charge in [0.15, 0.2) is 0 Å². The average Bonchev–Trinajstić information content (AvgIpc) is 3.43. The number of piperazine rings is 1. The van der Waals surface area contributed by atoms with E-state index in [2.05, 4.69) is 32.4 Å². The van der Waals surface area contributed by atoms with Gasteiger partial charge in [0, 0.05) is 36.9 Å². The maximum Gasteiger partial charge on any atom is 0.238 e. The number of carbonyl (C=O) groups is 1. The Morgan fingerprint density at radius 1 is 1.17 bits per heavy atom. The number of hydrogen-bond donors (Lipinski definition) is 1. The molecule has 2 fully saturated rings. The van der Waals surface area contributed by atoms with Crippen LogP contribution < -0.4 is 10.2 Å². The number of carbonyl (C=O) groups excluding carboxylic acids is 1. The Kier molecular flexibility index (Phi) is 4.85. The lowest BCUT2D eigenvalue weighted by molar-refractivity contribution is -0.117. The number of nitrogens with one attached hydrogen (secondary N) is 1. The van der Waals surface area contributed by atoms with E-state index in [9.17, 15) is 4.79 Å². The molecule has 0 radical (unpaired) electrons. The molecule has 0 saturated carbocycles. The van der Waals surface area contributed by atoms with Gasteiger partial charge in [0.2, 0.25) is 5.91 Å². The Labute approximate surface area is 174 Å². The van der Waals surface area contributed by atoms with Crippen LogP contribution in [0.25, 0.3) is 10.6 Å². The predicted octanol–water partition coefficient (Wildman–Crippen LogP) is 4.00. The molecule has 2 aliphatic heterocycles. The molecule has 0 aliphatic carbocycles. The van der Waals surface area contributed by atoms with Crippen molar-refractivity contribution in [2.24, 2.45) is 0 Å². The predicted molar refractivity (Wildman–Crippen MR) is 115 cm³/mol. The van der Waals surface area contributed by atoms with Gasteiger partial charge in [0.05, 0.1) is 16.4 Å². The first-order valence-corrected chi connectivity index (χ1v) is 10.9. The number of thiophene rings is 1. The first-order chi connectivity index (χ1) is 14.2. The molecule has 2 atom stereocenters. The second kappa shape index (κ2) is 7.65. The van der Waals surface area contributed by atoms with Crippen molar-refractivity contribution in [2.75, 3.05) is 29.9 Å². The van der Waals surface area contributed by atoms with Crippen molar-refractivity contribution in [1.82, 2.24) is 10.1 Å². The highest BCUT2D eigenvalue weighted by atomic mass is 32.1. The maximum atomic E-state index is 12.6. The molecule has 3 aromatic rings. The van der Waals surface area contributed by atoms with Crippen LogP contribution in [0.3, 0.4) is 0 Å². The molecular formula is C22H24N4O2S. The zero-order valence-electron chi connectivity index (χ0n) is 16.4. The summed E-state index contributed by atoms with van der Waals surface area (Å²) in [5, 5.41) is 8.40. The third-order valence-corrected chi connectivity index (χ3v) is 7.00. The number of benzene rings is 1. The molecule has 2 aliphatic rings. The van der Waals surface area contributed by atoms with E-state index in [0.717, 1.165) is 34.9 Å². The molecular weight excluding hydrogens is 384 g/mol. The van der Waals surface area contributed by atoms with Crippen LogP contribution in [0.15, 0.2) is 53.3 Å². The van der Waals surface area contributed by atoms with Crippen LogP contribution in [-0.2, 0) is 4.79 Å². The van der Waals surface area contributed by atoms with E-state index in [1.165, 1.54) is 17.8 Å². The minimum absolute atomic E-state index is 0.0663. The largest absolute Gasteiger partial charge is 0.364 e. The van der Waals surface area contributed by atoms with Gasteiger partial charge in [-0.15, -0.1) is 11.3 Å². The normalized spacial score (nSPS) is 21.5. The summed E-state index contributed by atoms with van der Waals surface area (Å²) in [6.07, 6.45) is 3.97. The summed E-state index contributed by atoms with van der Waals surface area (Å²) in [6.45, 7) is 4.32. The summed E-state index contributed by atoms with van der Waals surface area (Å²) in [4.78, 5) is 18.6. The summed E-state index contributed by atoms with van der Waals surface area (Å²) in [6, 6.07) is 15.1. The molecule has 5 rings (SSSR count). The SMILES string of the molecule is Cc1ccccc1NC(=O)CN1CC2CCC(C1)N2c1ccc(-c2ccon2)s1. The Hall–Kier alpha value is -2.64. The van der Waals surface area contributed by atoms with E-state index >= 15 is 0 Å². The number of hydrogen-bond acceptors (Lipinski definition) is 6. The van der Waals surface area contributed by atoms with Crippen LogP contribution in [0.2, 0.25) is 0 Å². The first-order valence-electron chi connectivity index (χ1n) is 10.0. The molecule has 2 unspecified atom stereocenters. The van der Waals surface area contributed by atoms with Crippen LogP contribution >= 0.6 is 11.3 Å². The molecule has 1 amide bonds. The lowest BCUT2D eigenvalue weighted by atomic mass is 10.2. The number of anilines is 2. The topological polar surface area (TPSA) is 61.6 Å². The minimum Gasteiger partial charge on any atom is -0.364 e. The number of likely N-dealkylation sites (tertiary alicyclic amines) is 1. The van der Waals surface area contributed by atoms with E-state index in [4.69, 9.17) is 4.52 Å². The quantitative estimate of drug-likeness (QED) is 0.691. The highest BCUT2D eigenvalue weighted by Crippen LogP contribution is 2.40. The lowest BCUT2D eigenvalue weighted by Gasteiger charge is -2.41. The van der Waals surface area contributed by atoms with Crippen LogP contribution in [-0.4, -0.2) is 47.7 Å². The van der Waals surface area contributed by atoms with Crippen molar-refractivity contribution in [1.29, 1.82) is 0 Å². The van der Waals surface area contributed by atoms with E-state index in [1.54, 1.807) is 17.6 Å². The van der Waals surface area contributed by atoms with Crippen LogP contribution in [0.5, 0.6) is 0 Å². The number of aromatic nitrogens is 1. The van der Waals surface area contributed by atoms with Gasteiger partial charge in [0.25, 0.3) is 0 Å². The van der Waals surface area contributed by atoms with E-state index in [1.807, 2.05) is 37.3 Å². The Bertz CT molecular complexity index is 986. The molecule has 2 saturated heterocycles. The van der Waals surface area contributed by atoms with Gasteiger partial charge < -0.3 is 14.7 Å². The Balaban J connectivity index is 1.23. The fraction of sp³-hybridized carbons (Fsp3) is 0.364. The summed E-state index contributed by atoms with van der Waals surface area (Å²) < 4.78 is 4.98. The van der Waals surface area contributed by atoms with Crippen LogP contribution in [0.4, 0.5) is 10.7 Å². The maximum absolute atomic E-state index is 12.6. The Morgan fingerprint density at radius 3 is 2.69 bits per heavy atom. The number of rotatable bonds is 5. The molecule has 2 bridgehead atoms. The van der Waals surface area contributed by atoms with E-state index < -0.39 is 0 Å². The second-order valence-corrected chi connectivity index (χ2v) is 8.93. The van der Waals surface area contributed by atoms with Gasteiger partial charge in [-0.05, 0) is 43.5 Å². The third-order valence-electron chi connectivity index (χ3n) is 5.88. The highest BCUT2D eigenvalue weighted by Gasteiger charge is 2.40. The molecule has 0 spiro atoms. The number of nitrogens with zero attached hydrogens (tertiary/aromatic N) is 3. The average molecular weight is 409 g/mol. The molecule has 6 nitrogen and oxygen atoms in total. The fourth-order valence-electron chi connectivity index (χ4n) is 4.53. The molecule has 7 heteroatoms. The number of fused-ring (bicyclic) bond motifs is 2. The smallest absolute Gasteiger partial charge is 0.238 e. The minimum atomic E-state index is 0.0663. The van der Waals surface area contributed by atoms with Gasteiger partial charge in [-0.25, -0.2) is 0 Å². The van der Waals surface area contributed by atoms with Gasteiger partial charge >= 0.3 is 0 Å². The summed E-state index contributed by atoms with van der Waals surface area (Å²) in [7, 11) is 0. The van der Waals surface area contributed by atoms with E-state index in [-0.39, 0.29) is 5.91 Å². The summed E-state index contributed by atoms with van der Waals surface area (Å²) in [5.41, 5.74) is 2.88. The molecule has 2 aromatic heterocycles. The van der Waals surface area contributed by atoms with Gasteiger partial charge in [-0.3, -0.25) is 9.69 Å². The standard InChI is InChI=1S/C22H24N4O2S/c1-15-4-2-3-5-18(15)23-21(27)14-25-12-16-6-7-17(13-25)26(16)22-9-8-20(29-22)19-10-11-28-24-19/h2-5,8-11,16-17H,6-7,12-14H2,1H3,(H,23,27). The van der Waals surface area contributed by atoms with Gasteiger partial charge in [-0.2, -0.15) is 0 Å². The van der Waals surface area contributed by atoms with Gasteiger partial charge in [-0.1, -0.05) is 23.4 Å². The fourth-order valence-corrected chi connectivity index (χ4v) is 5.64. The summed E-state index contributed by atoms with van der Waals surface area (Å²) in [5.74, 6) is 0.0663. The highest BCUT2D eigenvalue weighted by molar-refractivity contribution is 7.19. The molecule has 1 aromatic carbocycles. The zero-order chi connectivity index (χ0) is 19.8. The third kappa shape index (κ3) is 3.68. The van der Waals surface area contributed by atoms with Crippen molar-refractivity contribution in [3.8, 4) is 10.6 Å². The number of aryl methyl sites for hydroxylation is 1. The van der Waals surface area contributed by atoms with Crippen molar-refractivity contribution >= 4 is 27.9 Å². The monoisotopic (exact) mass is 408 g/mol. The van der Waals surface area contributed by atoms with Crippen molar-refractivity contribution < 1.29 is 9.32 Å². The molecule has 1 N–H and O–H groups in total. The summed E-state index contributed by atoms with van der Waals surface area (Å²) >= 11 is 1.77. The Morgan fingerprint density at radius 2 is 1.97 bits per heavy atom. The molecule has 150 valence electrons. The van der Waals surface area contributed by atoms with Crippen molar-refractivity contribution in [2.45, 2.75) is 31.8 Å². The first kappa shape index (κ1) is 18.4. The molecule has 29 heavy (non-hydrogen) atoms. The second-order valence-electron chi connectivity index (χ2n) is 7.87. The van der Waals surface area contributed by atoms with E-state index in [0.29, 0.717) is 18.6 Å². The lowest BCUT2D eigenvalue weighted by Crippen LogP contribution is -2.55. The number of amides is 1. The van der Waals surface area contributed by atoms with Crippen LogP contribution in [0.1, 0.15) is 18.4 Å². The zero-order valence-corrected chi connectivity index (χ0v) is 17.2. The van der Waals surface area contributed by atoms with Crippen molar-refractivity contribution in [3.05, 3.63) is 54.3 Å². The van der Waals surface area contributed by atoms with Crippen LogP contribution in [0, 0.1) is 6.92 Å². The molecule has 4 heterocycles. The van der Waals surface area contributed by atoms with Crippen molar-refractivity contribution in [3.63, 3.8) is 0 Å². The number of para-hydroxylation sites is 1. The van der Waals surface area contributed by atoms with Gasteiger partial charge in [0.1, 0.15) is 12.0 Å².